The molecule has 0 aromatic carbocycles. The number of rotatable bonds is 1. The third kappa shape index (κ3) is 2.13. The number of halogens is 2. The standard InChI is InChI=1S/C6H6Cl2N2O/c7-3-1-4(6(9)10)11-5(8)2-3/h1-2,4H,(H3,9,10). The van der Waals surface area contributed by atoms with E-state index in [1.165, 1.54) is 12.2 Å². The van der Waals surface area contributed by atoms with Gasteiger partial charge in [-0.2, -0.15) is 0 Å². The van der Waals surface area contributed by atoms with Crippen LogP contribution in [0.2, 0.25) is 0 Å². The van der Waals surface area contributed by atoms with Gasteiger partial charge in [0, 0.05) is 11.1 Å². The Labute approximate surface area is 73.9 Å². The van der Waals surface area contributed by atoms with Gasteiger partial charge in [-0.3, -0.25) is 5.41 Å². The molecule has 0 saturated heterocycles. The minimum Gasteiger partial charge on any atom is -0.467 e. The lowest BCUT2D eigenvalue weighted by Gasteiger charge is -2.16. The predicted molar refractivity (Wildman–Crippen MR) is 44.7 cm³/mol. The first-order valence-electron chi connectivity index (χ1n) is 2.84. The van der Waals surface area contributed by atoms with E-state index in [0.29, 0.717) is 5.03 Å². The first-order chi connectivity index (χ1) is 5.09. The second-order valence-corrected chi connectivity index (χ2v) is 2.80. The maximum absolute atomic E-state index is 7.03. The average molecular weight is 193 g/mol. The molecule has 1 aliphatic heterocycles. The van der Waals surface area contributed by atoms with Crippen LogP contribution in [0.25, 0.3) is 0 Å². The van der Waals surface area contributed by atoms with E-state index in [4.69, 9.17) is 39.1 Å². The van der Waals surface area contributed by atoms with Crippen LogP contribution >= 0.6 is 23.2 Å². The van der Waals surface area contributed by atoms with E-state index in [-0.39, 0.29) is 11.1 Å². The summed E-state index contributed by atoms with van der Waals surface area (Å²) >= 11 is 11.1. The molecule has 1 aliphatic rings. The summed E-state index contributed by atoms with van der Waals surface area (Å²) in [7, 11) is 0. The van der Waals surface area contributed by atoms with Gasteiger partial charge in [-0.15, -0.1) is 0 Å². The number of nitrogens with two attached hydrogens (primary N) is 1. The van der Waals surface area contributed by atoms with E-state index < -0.39 is 6.10 Å². The third-order valence-corrected chi connectivity index (χ3v) is 1.54. The number of amidine groups is 1. The summed E-state index contributed by atoms with van der Waals surface area (Å²) in [6.07, 6.45) is 2.33. The summed E-state index contributed by atoms with van der Waals surface area (Å²) < 4.78 is 4.93. The minimum atomic E-state index is -0.625. The van der Waals surface area contributed by atoms with Crippen molar-refractivity contribution in [2.24, 2.45) is 5.73 Å². The van der Waals surface area contributed by atoms with Crippen molar-refractivity contribution in [2.75, 3.05) is 0 Å². The Morgan fingerprint density at radius 2 is 2.27 bits per heavy atom. The highest BCUT2D eigenvalue weighted by Crippen LogP contribution is 2.20. The van der Waals surface area contributed by atoms with Gasteiger partial charge in [-0.1, -0.05) is 11.6 Å². The Balaban J connectivity index is 2.79. The van der Waals surface area contributed by atoms with Gasteiger partial charge in [0.25, 0.3) is 0 Å². The number of nitrogens with one attached hydrogen (secondary N) is 1. The Kier molecular flexibility index (Phi) is 2.42. The highest BCUT2D eigenvalue weighted by molar-refractivity contribution is 6.34. The monoisotopic (exact) mass is 192 g/mol. The summed E-state index contributed by atoms with van der Waals surface area (Å²) in [5.74, 6) is -0.116. The van der Waals surface area contributed by atoms with Crippen LogP contribution in [0.4, 0.5) is 0 Å². The number of hydrogen-bond donors (Lipinski definition) is 2. The van der Waals surface area contributed by atoms with E-state index in [1.807, 2.05) is 0 Å². The van der Waals surface area contributed by atoms with Crippen LogP contribution in [-0.4, -0.2) is 11.9 Å². The number of ether oxygens (including phenoxy) is 1. The molecule has 5 heteroatoms. The molecular weight excluding hydrogens is 187 g/mol. The van der Waals surface area contributed by atoms with Crippen LogP contribution in [0, 0.1) is 5.41 Å². The maximum Gasteiger partial charge on any atom is 0.189 e. The SMILES string of the molecule is N=C(N)C1C=C(Cl)C=C(Cl)O1. The highest BCUT2D eigenvalue weighted by Gasteiger charge is 2.16. The molecule has 0 aromatic rings. The van der Waals surface area contributed by atoms with Gasteiger partial charge in [0.15, 0.2) is 11.3 Å². The molecule has 60 valence electrons. The van der Waals surface area contributed by atoms with Crippen molar-refractivity contribution < 1.29 is 4.74 Å². The van der Waals surface area contributed by atoms with Gasteiger partial charge in [0.05, 0.1) is 0 Å². The third-order valence-electron chi connectivity index (χ3n) is 1.11. The Morgan fingerprint density at radius 3 is 2.73 bits per heavy atom. The zero-order valence-corrected chi connectivity index (χ0v) is 6.99. The van der Waals surface area contributed by atoms with Gasteiger partial charge in [0.2, 0.25) is 0 Å². The smallest absolute Gasteiger partial charge is 0.189 e. The molecule has 0 aliphatic carbocycles. The quantitative estimate of drug-likeness (QED) is 0.489. The molecule has 0 radical (unpaired) electrons. The zero-order chi connectivity index (χ0) is 8.43. The van der Waals surface area contributed by atoms with Crippen LogP contribution < -0.4 is 5.73 Å². The van der Waals surface area contributed by atoms with Gasteiger partial charge in [-0.05, 0) is 17.7 Å². The van der Waals surface area contributed by atoms with Gasteiger partial charge < -0.3 is 10.5 Å². The Morgan fingerprint density at radius 1 is 1.64 bits per heavy atom. The normalized spacial score (nSPS) is 23.3. The molecule has 0 saturated carbocycles. The Hall–Kier alpha value is -0.670. The molecule has 1 rings (SSSR count). The summed E-state index contributed by atoms with van der Waals surface area (Å²) in [5.41, 5.74) is 5.16. The van der Waals surface area contributed by atoms with Crippen molar-refractivity contribution >= 4 is 29.0 Å². The van der Waals surface area contributed by atoms with Gasteiger partial charge in [0.1, 0.15) is 5.84 Å². The minimum absolute atomic E-state index is 0.116. The maximum atomic E-state index is 7.03. The molecule has 1 unspecified atom stereocenters. The fourth-order valence-electron chi connectivity index (χ4n) is 0.644. The van der Waals surface area contributed by atoms with Crippen molar-refractivity contribution in [1.82, 2.24) is 0 Å². The molecule has 3 N–H and O–H groups in total. The summed E-state index contributed by atoms with van der Waals surface area (Å²) in [6.45, 7) is 0. The first-order valence-corrected chi connectivity index (χ1v) is 3.60. The van der Waals surface area contributed by atoms with Crippen LogP contribution in [0.3, 0.4) is 0 Å². The van der Waals surface area contributed by atoms with Crippen LogP contribution in [0.1, 0.15) is 0 Å². The molecule has 11 heavy (non-hydrogen) atoms. The molecular formula is C6H6Cl2N2O. The molecule has 1 atom stereocenters. The van der Waals surface area contributed by atoms with Crippen LogP contribution in [0.15, 0.2) is 22.4 Å². The fourth-order valence-corrected chi connectivity index (χ4v) is 1.13. The second kappa shape index (κ2) is 3.15. The van der Waals surface area contributed by atoms with E-state index >= 15 is 0 Å². The molecule has 0 spiro atoms. The second-order valence-electron chi connectivity index (χ2n) is 1.99. The lowest BCUT2D eigenvalue weighted by molar-refractivity contribution is 0.223. The van der Waals surface area contributed by atoms with E-state index in [9.17, 15) is 0 Å². The molecule has 0 bridgehead atoms. The summed E-state index contributed by atoms with van der Waals surface area (Å²) in [4.78, 5) is 0. The summed E-state index contributed by atoms with van der Waals surface area (Å²) in [6, 6.07) is 0. The summed E-state index contributed by atoms with van der Waals surface area (Å²) in [5, 5.41) is 7.62. The molecule has 0 amide bonds. The molecule has 0 fully saturated rings. The van der Waals surface area contributed by atoms with Crippen molar-refractivity contribution in [3.05, 3.63) is 22.4 Å². The Bertz CT molecular complexity index is 247. The predicted octanol–water partition coefficient (Wildman–Crippen LogP) is 1.52. The topological polar surface area (TPSA) is 59.1 Å². The fraction of sp³-hybridized carbons (Fsp3) is 0.167. The van der Waals surface area contributed by atoms with Gasteiger partial charge >= 0.3 is 0 Å². The van der Waals surface area contributed by atoms with E-state index in [2.05, 4.69) is 0 Å². The van der Waals surface area contributed by atoms with Gasteiger partial charge in [-0.25, -0.2) is 0 Å². The number of allylic oxidation sites excluding steroid dienone is 2. The highest BCUT2D eigenvalue weighted by atomic mass is 35.5. The van der Waals surface area contributed by atoms with E-state index in [1.54, 1.807) is 0 Å². The van der Waals surface area contributed by atoms with E-state index in [0.717, 1.165) is 0 Å². The lowest BCUT2D eigenvalue weighted by atomic mass is 10.2. The van der Waals surface area contributed by atoms with Crippen LogP contribution in [0.5, 0.6) is 0 Å². The van der Waals surface area contributed by atoms with Crippen molar-refractivity contribution in [3.63, 3.8) is 0 Å². The molecule has 0 aromatic heterocycles. The average Bonchev–Trinajstić information content (AvgIpc) is 1.85. The zero-order valence-electron chi connectivity index (χ0n) is 5.47. The van der Waals surface area contributed by atoms with Crippen molar-refractivity contribution in [3.8, 4) is 0 Å². The first kappa shape index (κ1) is 8.43. The molecule has 3 nitrogen and oxygen atoms in total. The largest absolute Gasteiger partial charge is 0.467 e. The lowest BCUT2D eigenvalue weighted by Crippen LogP contribution is -2.29. The van der Waals surface area contributed by atoms with Crippen LogP contribution in [-0.2, 0) is 4.74 Å². The van der Waals surface area contributed by atoms with Crippen molar-refractivity contribution in [2.45, 2.75) is 6.10 Å². The molecule has 1 heterocycles. The van der Waals surface area contributed by atoms with Crippen molar-refractivity contribution in [1.29, 1.82) is 5.41 Å². The number of hydrogen-bond acceptors (Lipinski definition) is 2.